The monoisotopic (exact) mass is 189 g/mol. The van der Waals surface area contributed by atoms with Gasteiger partial charge in [-0.1, -0.05) is 38.1 Å². The zero-order chi connectivity index (χ0) is 10.1. The number of rotatable bonds is 1. The Labute approximate surface area is 86.5 Å². The minimum absolute atomic E-state index is 0.537. The minimum atomic E-state index is 0.537. The van der Waals surface area contributed by atoms with E-state index in [-0.39, 0.29) is 0 Å². The third kappa shape index (κ3) is 1.46. The van der Waals surface area contributed by atoms with E-state index in [9.17, 15) is 0 Å². The van der Waals surface area contributed by atoms with Crippen LogP contribution < -0.4 is 5.32 Å². The number of benzene rings is 1. The van der Waals surface area contributed by atoms with Crippen molar-refractivity contribution in [1.29, 1.82) is 0 Å². The molecule has 0 saturated heterocycles. The first-order valence-corrected chi connectivity index (χ1v) is 5.49. The summed E-state index contributed by atoms with van der Waals surface area (Å²) < 4.78 is 0. The molecule has 0 amide bonds. The molecule has 0 aromatic heterocycles. The Morgan fingerprint density at radius 2 is 1.93 bits per heavy atom. The Hall–Kier alpha value is -0.820. The van der Waals surface area contributed by atoms with Gasteiger partial charge in [0.05, 0.1) is 0 Å². The van der Waals surface area contributed by atoms with Gasteiger partial charge in [0.2, 0.25) is 0 Å². The standard InChI is InChI=1S/C13H19N/c1-9-8-11-6-4-5-7-12(11)13(14-3)10(9)2/h4-7,9-10,13-14H,8H2,1-3H3. The molecule has 1 aromatic rings. The predicted octanol–water partition coefficient (Wildman–Crippen LogP) is 2.78. The highest BCUT2D eigenvalue weighted by atomic mass is 14.9. The molecular formula is C13H19N. The average molecular weight is 189 g/mol. The molecule has 1 N–H and O–H groups in total. The maximum absolute atomic E-state index is 3.44. The molecule has 0 fully saturated rings. The number of hydrogen-bond donors (Lipinski definition) is 1. The Morgan fingerprint density at radius 3 is 2.64 bits per heavy atom. The molecule has 14 heavy (non-hydrogen) atoms. The molecule has 3 unspecified atom stereocenters. The number of nitrogens with one attached hydrogen (secondary N) is 1. The van der Waals surface area contributed by atoms with Crippen LogP contribution in [-0.4, -0.2) is 7.05 Å². The van der Waals surface area contributed by atoms with Crippen LogP contribution in [0.5, 0.6) is 0 Å². The summed E-state index contributed by atoms with van der Waals surface area (Å²) in [5.74, 6) is 1.51. The summed E-state index contributed by atoms with van der Waals surface area (Å²) in [5, 5.41) is 3.44. The quantitative estimate of drug-likeness (QED) is 0.716. The molecule has 1 aliphatic rings. The van der Waals surface area contributed by atoms with Crippen molar-refractivity contribution in [2.75, 3.05) is 7.05 Å². The van der Waals surface area contributed by atoms with Gasteiger partial charge in [0.25, 0.3) is 0 Å². The molecule has 1 nitrogen and oxygen atoms in total. The molecule has 2 rings (SSSR count). The zero-order valence-electron chi connectivity index (χ0n) is 9.25. The van der Waals surface area contributed by atoms with Crippen molar-refractivity contribution in [3.05, 3.63) is 35.4 Å². The topological polar surface area (TPSA) is 12.0 Å². The van der Waals surface area contributed by atoms with Gasteiger partial charge in [-0.2, -0.15) is 0 Å². The first kappa shape index (κ1) is 9.72. The summed E-state index contributed by atoms with van der Waals surface area (Å²) in [4.78, 5) is 0. The molecule has 0 radical (unpaired) electrons. The maximum Gasteiger partial charge on any atom is 0.0348 e. The SMILES string of the molecule is CNC1c2ccccc2CC(C)C1C. The van der Waals surface area contributed by atoms with Crippen LogP contribution in [0.1, 0.15) is 31.0 Å². The van der Waals surface area contributed by atoms with E-state index in [1.165, 1.54) is 17.5 Å². The first-order valence-electron chi connectivity index (χ1n) is 5.49. The molecule has 1 heteroatoms. The van der Waals surface area contributed by atoms with E-state index in [1.54, 1.807) is 0 Å². The molecule has 0 heterocycles. The molecule has 0 aliphatic heterocycles. The molecule has 3 atom stereocenters. The summed E-state index contributed by atoms with van der Waals surface area (Å²) >= 11 is 0. The van der Waals surface area contributed by atoms with Gasteiger partial charge in [-0.3, -0.25) is 0 Å². The van der Waals surface area contributed by atoms with Crippen molar-refractivity contribution in [1.82, 2.24) is 5.32 Å². The molecular weight excluding hydrogens is 170 g/mol. The van der Waals surface area contributed by atoms with Crippen LogP contribution >= 0.6 is 0 Å². The van der Waals surface area contributed by atoms with E-state index in [1.807, 2.05) is 0 Å². The lowest BCUT2D eigenvalue weighted by Crippen LogP contribution is -2.33. The second-order valence-electron chi connectivity index (χ2n) is 4.51. The van der Waals surface area contributed by atoms with Crippen LogP contribution in [0.4, 0.5) is 0 Å². The Kier molecular flexibility index (Phi) is 2.60. The molecule has 1 aromatic carbocycles. The van der Waals surface area contributed by atoms with E-state index in [2.05, 4.69) is 50.5 Å². The van der Waals surface area contributed by atoms with Crippen molar-refractivity contribution < 1.29 is 0 Å². The van der Waals surface area contributed by atoms with E-state index >= 15 is 0 Å². The largest absolute Gasteiger partial charge is 0.313 e. The number of fused-ring (bicyclic) bond motifs is 1. The van der Waals surface area contributed by atoms with Crippen LogP contribution in [0, 0.1) is 11.8 Å². The molecule has 0 bridgehead atoms. The van der Waals surface area contributed by atoms with Gasteiger partial charge in [0.15, 0.2) is 0 Å². The third-order valence-electron chi connectivity index (χ3n) is 3.67. The van der Waals surface area contributed by atoms with Gasteiger partial charge in [0.1, 0.15) is 0 Å². The van der Waals surface area contributed by atoms with Gasteiger partial charge in [-0.05, 0) is 36.4 Å². The van der Waals surface area contributed by atoms with Crippen LogP contribution in [-0.2, 0) is 6.42 Å². The predicted molar refractivity (Wildman–Crippen MR) is 60.3 cm³/mol. The second kappa shape index (κ2) is 3.74. The molecule has 1 aliphatic carbocycles. The van der Waals surface area contributed by atoms with Crippen molar-refractivity contribution in [3.63, 3.8) is 0 Å². The van der Waals surface area contributed by atoms with Crippen LogP contribution in [0.3, 0.4) is 0 Å². The summed E-state index contributed by atoms with van der Waals surface area (Å²) in [5.41, 5.74) is 3.03. The lowest BCUT2D eigenvalue weighted by Gasteiger charge is -2.35. The number of hydrogen-bond acceptors (Lipinski definition) is 1. The van der Waals surface area contributed by atoms with Gasteiger partial charge in [-0.15, -0.1) is 0 Å². The van der Waals surface area contributed by atoms with E-state index in [0.29, 0.717) is 6.04 Å². The van der Waals surface area contributed by atoms with E-state index in [0.717, 1.165) is 11.8 Å². The van der Waals surface area contributed by atoms with Crippen molar-refractivity contribution in [3.8, 4) is 0 Å². The van der Waals surface area contributed by atoms with Crippen LogP contribution in [0.15, 0.2) is 24.3 Å². The highest BCUT2D eigenvalue weighted by Crippen LogP contribution is 2.37. The summed E-state index contributed by atoms with van der Waals surface area (Å²) in [6.07, 6.45) is 1.23. The lowest BCUT2D eigenvalue weighted by atomic mass is 9.74. The Balaban J connectivity index is 2.42. The molecule has 0 saturated carbocycles. The fourth-order valence-corrected chi connectivity index (χ4v) is 2.59. The van der Waals surface area contributed by atoms with Crippen molar-refractivity contribution in [2.24, 2.45) is 11.8 Å². The first-order chi connectivity index (χ1) is 6.74. The zero-order valence-corrected chi connectivity index (χ0v) is 9.25. The van der Waals surface area contributed by atoms with Gasteiger partial charge >= 0.3 is 0 Å². The normalized spacial score (nSPS) is 31.2. The highest BCUT2D eigenvalue weighted by Gasteiger charge is 2.29. The van der Waals surface area contributed by atoms with Gasteiger partial charge in [0, 0.05) is 6.04 Å². The average Bonchev–Trinajstić information content (AvgIpc) is 2.20. The van der Waals surface area contributed by atoms with Crippen molar-refractivity contribution >= 4 is 0 Å². The fraction of sp³-hybridized carbons (Fsp3) is 0.538. The summed E-state index contributed by atoms with van der Waals surface area (Å²) in [7, 11) is 2.07. The maximum atomic E-state index is 3.44. The Bertz CT molecular complexity index is 319. The van der Waals surface area contributed by atoms with Crippen LogP contribution in [0.25, 0.3) is 0 Å². The lowest BCUT2D eigenvalue weighted by molar-refractivity contribution is 0.274. The Morgan fingerprint density at radius 1 is 1.21 bits per heavy atom. The molecule has 0 spiro atoms. The minimum Gasteiger partial charge on any atom is -0.313 e. The fourth-order valence-electron chi connectivity index (χ4n) is 2.59. The van der Waals surface area contributed by atoms with Crippen LogP contribution in [0.2, 0.25) is 0 Å². The molecule has 76 valence electrons. The summed E-state index contributed by atoms with van der Waals surface area (Å²) in [6.45, 7) is 4.70. The van der Waals surface area contributed by atoms with E-state index in [4.69, 9.17) is 0 Å². The summed E-state index contributed by atoms with van der Waals surface area (Å²) in [6, 6.07) is 9.36. The second-order valence-corrected chi connectivity index (χ2v) is 4.51. The van der Waals surface area contributed by atoms with E-state index < -0.39 is 0 Å². The van der Waals surface area contributed by atoms with Gasteiger partial charge < -0.3 is 5.32 Å². The third-order valence-corrected chi connectivity index (χ3v) is 3.67. The highest BCUT2D eigenvalue weighted by molar-refractivity contribution is 5.33. The smallest absolute Gasteiger partial charge is 0.0348 e. The van der Waals surface area contributed by atoms with Crippen molar-refractivity contribution in [2.45, 2.75) is 26.3 Å². The van der Waals surface area contributed by atoms with Gasteiger partial charge in [-0.25, -0.2) is 0 Å².